The Balaban J connectivity index is 2.29. The van der Waals surface area contributed by atoms with Crippen molar-refractivity contribution in [2.24, 2.45) is 0 Å². The Morgan fingerprint density at radius 3 is 2.40 bits per heavy atom. The van der Waals surface area contributed by atoms with Crippen LogP contribution in [0, 0.1) is 0 Å². The predicted octanol–water partition coefficient (Wildman–Crippen LogP) is 4.01. The van der Waals surface area contributed by atoms with Gasteiger partial charge in [0.25, 0.3) is 0 Å². The van der Waals surface area contributed by atoms with Crippen LogP contribution in [0.1, 0.15) is 0 Å². The molecule has 0 saturated carbocycles. The smallest absolute Gasteiger partial charge is 0.434 e. The minimum absolute atomic E-state index is 0.0703. The van der Waals surface area contributed by atoms with Crippen LogP contribution in [0.25, 0.3) is 0 Å². The minimum Gasteiger partial charge on any atom is -0.434 e. The fraction of sp³-hybridized carbons (Fsp3) is 0.0833. The first-order valence-electron chi connectivity index (χ1n) is 5.29. The number of aromatic nitrogens is 1. The van der Waals surface area contributed by atoms with Gasteiger partial charge in [-0.1, -0.05) is 23.7 Å². The second-order valence-corrected chi connectivity index (χ2v) is 4.06. The number of benzene rings is 1. The van der Waals surface area contributed by atoms with E-state index in [0.29, 0.717) is 5.69 Å². The molecule has 1 heterocycles. The molecule has 0 saturated heterocycles. The van der Waals surface area contributed by atoms with Crippen molar-refractivity contribution in [1.82, 2.24) is 4.98 Å². The van der Waals surface area contributed by atoms with Crippen LogP contribution in [0.15, 0.2) is 36.5 Å². The molecule has 0 radical (unpaired) electrons. The normalized spacial score (nSPS) is 11.2. The van der Waals surface area contributed by atoms with Crippen molar-refractivity contribution in [3.63, 3.8) is 0 Å². The van der Waals surface area contributed by atoms with E-state index >= 15 is 0 Å². The molecule has 0 aliphatic carbocycles. The topological polar surface area (TPSA) is 57.4 Å². The number of ether oxygens (including phenoxy) is 2. The zero-order chi connectivity index (χ0) is 14.8. The SMILES string of the molecule is Nc1cnc(Oc2ccccc2OC(F)(F)F)c(Cl)c1. The number of nitrogens with two attached hydrogens (primary N) is 1. The average molecular weight is 305 g/mol. The summed E-state index contributed by atoms with van der Waals surface area (Å²) in [6.07, 6.45) is -3.55. The van der Waals surface area contributed by atoms with Crippen LogP contribution in [0.4, 0.5) is 18.9 Å². The van der Waals surface area contributed by atoms with Gasteiger partial charge in [0.1, 0.15) is 5.02 Å². The van der Waals surface area contributed by atoms with Gasteiger partial charge in [-0.15, -0.1) is 13.2 Å². The molecule has 8 heteroatoms. The highest BCUT2D eigenvalue weighted by atomic mass is 35.5. The van der Waals surface area contributed by atoms with Crippen molar-refractivity contribution in [2.75, 3.05) is 5.73 Å². The number of anilines is 1. The number of halogens is 4. The number of alkyl halides is 3. The Morgan fingerprint density at radius 1 is 1.15 bits per heavy atom. The lowest BCUT2D eigenvalue weighted by Crippen LogP contribution is -2.17. The van der Waals surface area contributed by atoms with Gasteiger partial charge in [-0.3, -0.25) is 0 Å². The molecule has 2 N–H and O–H groups in total. The minimum atomic E-state index is -4.82. The van der Waals surface area contributed by atoms with E-state index in [1.54, 1.807) is 0 Å². The highest BCUT2D eigenvalue weighted by Gasteiger charge is 2.32. The van der Waals surface area contributed by atoms with Crippen LogP contribution in [0.5, 0.6) is 17.4 Å². The Kier molecular flexibility index (Phi) is 3.89. The van der Waals surface area contributed by atoms with Crippen molar-refractivity contribution >= 4 is 17.3 Å². The summed E-state index contributed by atoms with van der Waals surface area (Å²) in [5.74, 6) is -0.724. The summed E-state index contributed by atoms with van der Waals surface area (Å²) in [7, 11) is 0. The van der Waals surface area contributed by atoms with E-state index in [9.17, 15) is 13.2 Å². The molecular weight excluding hydrogens is 297 g/mol. The Morgan fingerprint density at radius 2 is 1.80 bits per heavy atom. The van der Waals surface area contributed by atoms with Crippen molar-refractivity contribution in [3.05, 3.63) is 41.6 Å². The summed E-state index contributed by atoms with van der Waals surface area (Å²) < 4.78 is 45.8. The molecular formula is C12H8ClF3N2O2. The highest BCUT2D eigenvalue weighted by molar-refractivity contribution is 6.32. The van der Waals surface area contributed by atoms with Gasteiger partial charge in [0, 0.05) is 0 Å². The zero-order valence-corrected chi connectivity index (χ0v) is 10.6. The van der Waals surface area contributed by atoms with Crippen LogP contribution < -0.4 is 15.2 Å². The maximum atomic E-state index is 12.3. The van der Waals surface area contributed by atoms with Crippen molar-refractivity contribution in [3.8, 4) is 17.4 Å². The van der Waals surface area contributed by atoms with Gasteiger partial charge in [-0.05, 0) is 18.2 Å². The largest absolute Gasteiger partial charge is 0.573 e. The van der Waals surface area contributed by atoms with E-state index in [1.165, 1.54) is 30.5 Å². The molecule has 0 spiro atoms. The number of nitrogens with zero attached hydrogens (tertiary/aromatic N) is 1. The molecule has 106 valence electrons. The molecule has 0 fully saturated rings. The van der Waals surface area contributed by atoms with Crippen LogP contribution in [0.2, 0.25) is 5.02 Å². The number of nitrogen functional groups attached to an aromatic ring is 1. The molecule has 0 unspecified atom stereocenters. The van der Waals surface area contributed by atoms with Crippen LogP contribution in [-0.2, 0) is 0 Å². The van der Waals surface area contributed by atoms with E-state index < -0.39 is 12.1 Å². The lowest BCUT2D eigenvalue weighted by Gasteiger charge is -2.13. The lowest BCUT2D eigenvalue weighted by atomic mass is 10.3. The van der Waals surface area contributed by atoms with E-state index in [0.717, 1.165) is 6.07 Å². The third kappa shape index (κ3) is 3.67. The molecule has 2 aromatic rings. The monoisotopic (exact) mass is 304 g/mol. The van der Waals surface area contributed by atoms with Crippen molar-refractivity contribution in [2.45, 2.75) is 6.36 Å². The first kappa shape index (κ1) is 14.3. The molecule has 1 aromatic carbocycles. The zero-order valence-electron chi connectivity index (χ0n) is 9.82. The highest BCUT2D eigenvalue weighted by Crippen LogP contribution is 2.36. The van der Waals surface area contributed by atoms with Gasteiger partial charge in [0.05, 0.1) is 11.9 Å². The van der Waals surface area contributed by atoms with Crippen molar-refractivity contribution in [1.29, 1.82) is 0 Å². The predicted molar refractivity (Wildman–Crippen MR) is 66.9 cm³/mol. The Hall–Kier alpha value is -2.15. The summed E-state index contributed by atoms with van der Waals surface area (Å²) in [5.41, 5.74) is 5.77. The Labute approximate surface area is 116 Å². The maximum Gasteiger partial charge on any atom is 0.573 e. The third-order valence-corrected chi connectivity index (χ3v) is 2.38. The summed E-state index contributed by atoms with van der Waals surface area (Å²) >= 11 is 5.83. The quantitative estimate of drug-likeness (QED) is 0.931. The molecule has 0 bridgehead atoms. The first-order chi connectivity index (χ1) is 9.35. The van der Waals surface area contributed by atoms with Crippen molar-refractivity contribution < 1.29 is 22.6 Å². The number of hydrogen-bond donors (Lipinski definition) is 1. The fourth-order valence-electron chi connectivity index (χ4n) is 1.36. The Bertz CT molecular complexity index is 620. The molecule has 0 aliphatic rings. The van der Waals surface area contributed by atoms with Gasteiger partial charge in [0.2, 0.25) is 5.88 Å². The number of para-hydroxylation sites is 2. The molecule has 0 amide bonds. The number of hydrogen-bond acceptors (Lipinski definition) is 4. The van der Waals surface area contributed by atoms with Gasteiger partial charge < -0.3 is 15.2 Å². The molecule has 2 rings (SSSR count). The van der Waals surface area contributed by atoms with Crippen LogP contribution in [0.3, 0.4) is 0 Å². The summed E-state index contributed by atoms with van der Waals surface area (Å²) in [5, 5.41) is 0.0758. The molecule has 4 nitrogen and oxygen atoms in total. The molecule has 0 aliphatic heterocycles. The van der Waals surface area contributed by atoms with Gasteiger partial charge in [0.15, 0.2) is 11.5 Å². The summed E-state index contributed by atoms with van der Waals surface area (Å²) in [4.78, 5) is 3.79. The van der Waals surface area contributed by atoms with E-state index in [-0.39, 0.29) is 16.7 Å². The lowest BCUT2D eigenvalue weighted by molar-refractivity contribution is -0.275. The van der Waals surface area contributed by atoms with Gasteiger partial charge >= 0.3 is 6.36 Å². The maximum absolute atomic E-state index is 12.3. The standard InChI is InChI=1S/C12H8ClF3N2O2/c13-8-5-7(17)6-18-11(8)19-9-3-1-2-4-10(9)20-12(14,15)16/h1-6H,17H2. The summed E-state index contributed by atoms with van der Waals surface area (Å²) in [6, 6.07) is 6.66. The van der Waals surface area contributed by atoms with Crippen LogP contribution >= 0.6 is 11.6 Å². The molecule has 0 atom stereocenters. The first-order valence-corrected chi connectivity index (χ1v) is 5.66. The third-order valence-electron chi connectivity index (χ3n) is 2.11. The van der Waals surface area contributed by atoms with Crippen LogP contribution in [-0.4, -0.2) is 11.3 Å². The van der Waals surface area contributed by atoms with E-state index in [1.807, 2.05) is 0 Å². The molecule has 20 heavy (non-hydrogen) atoms. The average Bonchev–Trinajstić information content (AvgIpc) is 2.33. The second-order valence-electron chi connectivity index (χ2n) is 3.65. The van der Waals surface area contributed by atoms with E-state index in [2.05, 4.69) is 9.72 Å². The van der Waals surface area contributed by atoms with E-state index in [4.69, 9.17) is 22.1 Å². The number of pyridine rings is 1. The molecule has 1 aromatic heterocycles. The summed E-state index contributed by atoms with van der Waals surface area (Å²) in [6.45, 7) is 0. The van der Waals surface area contributed by atoms with Gasteiger partial charge in [-0.25, -0.2) is 4.98 Å². The van der Waals surface area contributed by atoms with Gasteiger partial charge in [-0.2, -0.15) is 0 Å². The number of rotatable bonds is 3. The fourth-order valence-corrected chi connectivity index (χ4v) is 1.58. The second kappa shape index (κ2) is 5.46.